The molecule has 0 aromatic heterocycles. The maximum absolute atomic E-state index is 12.6. The van der Waals surface area contributed by atoms with Gasteiger partial charge < -0.3 is 0 Å². The summed E-state index contributed by atoms with van der Waals surface area (Å²) in [6.07, 6.45) is 12.3. The molecular weight excluding hydrogens is 518 g/mol. The van der Waals surface area contributed by atoms with Crippen molar-refractivity contribution >= 4 is 0 Å². The van der Waals surface area contributed by atoms with Crippen LogP contribution in [-0.4, -0.2) is 0 Å². The number of halogens is 2. The smallest absolute Gasteiger partial charge is 0.126 e. The van der Waals surface area contributed by atoms with Gasteiger partial charge in [0.05, 0.1) is 0 Å². The van der Waals surface area contributed by atoms with Crippen molar-refractivity contribution in [1.82, 2.24) is 0 Å². The second-order valence-electron chi connectivity index (χ2n) is 13.0. The Balaban J connectivity index is 0.000000510. The summed E-state index contributed by atoms with van der Waals surface area (Å²) >= 11 is 0. The van der Waals surface area contributed by atoms with E-state index < -0.39 is 0 Å². The maximum Gasteiger partial charge on any atom is 0.126 e. The van der Waals surface area contributed by atoms with Gasteiger partial charge in [0.2, 0.25) is 0 Å². The molecule has 234 valence electrons. The lowest BCUT2D eigenvalue weighted by Crippen LogP contribution is -2.08. The van der Waals surface area contributed by atoms with Gasteiger partial charge in [-0.25, -0.2) is 8.78 Å². The summed E-state index contributed by atoms with van der Waals surface area (Å²) in [6.45, 7) is 20.8. The second-order valence-corrected chi connectivity index (χ2v) is 13.0. The Kier molecular flexibility index (Phi) is 17.9. The fourth-order valence-corrected chi connectivity index (χ4v) is 4.56. The van der Waals surface area contributed by atoms with Gasteiger partial charge in [0, 0.05) is 1.43 Å². The molecule has 1 fully saturated rings. The lowest BCUT2D eigenvalue weighted by atomic mass is 9.84. The largest absolute Gasteiger partial charge is 0.207 e. The minimum absolute atomic E-state index is 0. The number of benzene rings is 3. The van der Waals surface area contributed by atoms with Crippen LogP contribution in [0.2, 0.25) is 0 Å². The average Bonchev–Trinajstić information content (AvgIpc) is 2.95. The molecule has 2 aliphatic rings. The van der Waals surface area contributed by atoms with Crippen molar-refractivity contribution in [3.63, 3.8) is 0 Å². The van der Waals surface area contributed by atoms with E-state index in [-0.39, 0.29) is 13.1 Å². The van der Waals surface area contributed by atoms with Crippen LogP contribution in [-0.2, 0) is 0 Å². The third kappa shape index (κ3) is 17.3. The number of hydrogen-bond donors (Lipinski definition) is 0. The molecule has 2 aliphatic carbocycles. The van der Waals surface area contributed by atoms with Gasteiger partial charge in [0.25, 0.3) is 0 Å². The zero-order valence-corrected chi connectivity index (χ0v) is 28.3. The molecule has 0 heterocycles. The first-order valence-corrected chi connectivity index (χ1v) is 15.9. The number of rotatable bonds is 0. The molecule has 1 saturated carbocycles. The highest BCUT2D eigenvalue weighted by Gasteiger charge is 2.13. The molecule has 1 atom stereocenters. The Morgan fingerprint density at radius 3 is 1.12 bits per heavy atom. The summed E-state index contributed by atoms with van der Waals surface area (Å²) in [5.74, 6) is 2.75. The molecule has 0 nitrogen and oxygen atoms in total. The van der Waals surface area contributed by atoms with E-state index in [2.05, 4.69) is 71.9 Å². The number of allylic oxidation sites excluding steroid dienone is 2. The third-order valence-corrected chi connectivity index (χ3v) is 8.08. The second kappa shape index (κ2) is 20.2. The van der Waals surface area contributed by atoms with Crippen molar-refractivity contribution in [2.24, 2.45) is 17.8 Å². The van der Waals surface area contributed by atoms with Crippen molar-refractivity contribution < 1.29 is 10.2 Å². The quantitative estimate of drug-likeness (QED) is 0.233. The molecule has 5 rings (SSSR count). The Morgan fingerprint density at radius 2 is 0.857 bits per heavy atom. The number of aryl methyl sites for hydroxylation is 6. The van der Waals surface area contributed by atoms with E-state index in [1.54, 1.807) is 31.6 Å². The van der Waals surface area contributed by atoms with Gasteiger partial charge in [-0.3, -0.25) is 0 Å². The average molecular weight is 579 g/mol. The Hall–Kier alpha value is -2.74. The van der Waals surface area contributed by atoms with Crippen LogP contribution < -0.4 is 0 Å². The lowest BCUT2D eigenvalue weighted by molar-refractivity contribution is 0.308. The first-order valence-electron chi connectivity index (χ1n) is 15.9. The molecule has 0 saturated heterocycles. The van der Waals surface area contributed by atoms with E-state index in [1.807, 2.05) is 26.0 Å². The molecule has 3 aromatic rings. The SMILES string of the molecule is CC1=CCC(C)CC1.CC1CCC(C)CC1.Cc1ccc(C)c(F)c1.Cc1ccc(C)c(F)c1.Cc1ccc(C)cc1.[HH]. The van der Waals surface area contributed by atoms with E-state index in [0.29, 0.717) is 11.1 Å². The van der Waals surface area contributed by atoms with Gasteiger partial charge in [-0.05, 0) is 120 Å². The van der Waals surface area contributed by atoms with Crippen molar-refractivity contribution in [3.05, 3.63) is 117 Å². The van der Waals surface area contributed by atoms with Crippen LogP contribution in [0.1, 0.15) is 107 Å². The van der Waals surface area contributed by atoms with Crippen LogP contribution in [0.4, 0.5) is 8.78 Å². The molecular formula is C40H60F2. The van der Waals surface area contributed by atoms with Gasteiger partial charge >= 0.3 is 0 Å². The summed E-state index contributed by atoms with van der Waals surface area (Å²) in [4.78, 5) is 0. The fraction of sp³-hybridized carbons (Fsp3) is 0.500. The zero-order chi connectivity index (χ0) is 31.7. The fourth-order valence-electron chi connectivity index (χ4n) is 4.56. The first kappa shape index (κ1) is 37.3. The predicted octanol–water partition coefficient (Wildman–Crippen LogP) is 13.0. The topological polar surface area (TPSA) is 0 Å². The van der Waals surface area contributed by atoms with E-state index in [4.69, 9.17) is 0 Å². The molecule has 2 heteroatoms. The van der Waals surface area contributed by atoms with Gasteiger partial charge in [0.15, 0.2) is 0 Å². The summed E-state index contributed by atoms with van der Waals surface area (Å²) < 4.78 is 25.2. The van der Waals surface area contributed by atoms with Gasteiger partial charge in [-0.15, -0.1) is 0 Å². The summed E-state index contributed by atoms with van der Waals surface area (Å²) in [5, 5.41) is 0. The maximum atomic E-state index is 12.6. The Labute approximate surface area is 259 Å². The van der Waals surface area contributed by atoms with Gasteiger partial charge in [-0.2, -0.15) is 0 Å². The van der Waals surface area contributed by atoms with Crippen molar-refractivity contribution in [3.8, 4) is 0 Å². The van der Waals surface area contributed by atoms with Crippen LogP contribution in [0.5, 0.6) is 0 Å². The number of hydrogen-bond acceptors (Lipinski definition) is 0. The van der Waals surface area contributed by atoms with Crippen molar-refractivity contribution in [2.75, 3.05) is 0 Å². The van der Waals surface area contributed by atoms with Crippen LogP contribution >= 0.6 is 0 Å². The Morgan fingerprint density at radius 1 is 0.500 bits per heavy atom. The van der Waals surface area contributed by atoms with Crippen LogP contribution in [0.15, 0.2) is 72.3 Å². The van der Waals surface area contributed by atoms with E-state index in [9.17, 15) is 8.78 Å². The molecule has 0 bridgehead atoms. The van der Waals surface area contributed by atoms with Crippen LogP contribution in [0.25, 0.3) is 0 Å². The molecule has 0 N–H and O–H groups in total. The summed E-state index contributed by atoms with van der Waals surface area (Å²) in [7, 11) is 0. The van der Waals surface area contributed by atoms with E-state index in [0.717, 1.165) is 28.9 Å². The standard InChI is InChI=1S/2C8H9F.C8H16.C8H14.C8H10.H2/c2*1-6-3-4-7(2)8(9)5-6;3*1-7-3-5-8(2)6-4-7;/h2*3-5H,1-2H3;7-8H,3-6H2,1-2H3;3,8H,4-6H2,1-2H3;3-6H,1-2H3;1H. The van der Waals surface area contributed by atoms with Crippen molar-refractivity contribution in [1.29, 1.82) is 0 Å². The highest BCUT2D eigenvalue weighted by Crippen LogP contribution is 2.27. The molecule has 1 unspecified atom stereocenters. The minimum Gasteiger partial charge on any atom is -0.207 e. The highest BCUT2D eigenvalue weighted by molar-refractivity contribution is 5.22. The summed E-state index contributed by atoms with van der Waals surface area (Å²) in [5.41, 5.74) is 7.60. The van der Waals surface area contributed by atoms with Gasteiger partial charge in [0.1, 0.15) is 11.6 Å². The van der Waals surface area contributed by atoms with Crippen LogP contribution in [0, 0.1) is 70.9 Å². The molecule has 0 amide bonds. The third-order valence-electron chi connectivity index (χ3n) is 8.08. The predicted molar refractivity (Wildman–Crippen MR) is 183 cm³/mol. The highest BCUT2D eigenvalue weighted by atomic mass is 19.1. The molecule has 0 aliphatic heterocycles. The van der Waals surface area contributed by atoms with E-state index >= 15 is 0 Å². The molecule has 3 aromatic carbocycles. The zero-order valence-electron chi connectivity index (χ0n) is 28.3. The van der Waals surface area contributed by atoms with Crippen LogP contribution in [0.3, 0.4) is 0 Å². The molecule has 0 radical (unpaired) electrons. The summed E-state index contributed by atoms with van der Waals surface area (Å²) in [6, 6.07) is 18.9. The molecule has 0 spiro atoms. The normalized spacial score (nSPS) is 19.1. The van der Waals surface area contributed by atoms with E-state index in [1.165, 1.54) is 68.2 Å². The monoisotopic (exact) mass is 578 g/mol. The minimum atomic E-state index is -0.116. The van der Waals surface area contributed by atoms with Crippen molar-refractivity contribution in [2.45, 2.75) is 114 Å². The first-order chi connectivity index (χ1) is 19.8. The lowest BCUT2D eigenvalue weighted by Gasteiger charge is -2.22. The Bertz CT molecular complexity index is 1110. The van der Waals surface area contributed by atoms with Gasteiger partial charge in [-0.1, -0.05) is 118 Å². The molecule has 42 heavy (non-hydrogen) atoms.